The van der Waals surface area contributed by atoms with Gasteiger partial charge in [0.2, 0.25) is 0 Å². The van der Waals surface area contributed by atoms with Gasteiger partial charge in [-0.05, 0) is 29.7 Å². The number of rotatable bonds is 2. The highest BCUT2D eigenvalue weighted by atomic mass is 16.1. The van der Waals surface area contributed by atoms with Gasteiger partial charge in [-0.25, -0.2) is 4.68 Å². The molecule has 0 aliphatic heterocycles. The predicted molar refractivity (Wildman–Crippen MR) is 96.7 cm³/mol. The van der Waals surface area contributed by atoms with Crippen LogP contribution in [0, 0.1) is 0 Å². The monoisotopic (exact) mass is 318 g/mol. The van der Waals surface area contributed by atoms with Crippen molar-refractivity contribution in [1.82, 2.24) is 9.78 Å². The zero-order chi connectivity index (χ0) is 16.8. The number of H-pyrrole nitrogens is 1. The summed E-state index contributed by atoms with van der Waals surface area (Å²) in [4.78, 5) is 12.9. The number of nitrogens with zero attached hydrogens (tertiary/aromatic N) is 2. The SMILES string of the molecule is CC(C)c1ccc(-n2[nH]c3c4ccccc4c[n+](C)c3c2=O)cc1. The third-order valence-electron chi connectivity index (χ3n) is 4.60. The van der Waals surface area contributed by atoms with Gasteiger partial charge in [-0.2, -0.15) is 4.57 Å². The highest BCUT2D eigenvalue weighted by Crippen LogP contribution is 2.20. The highest BCUT2D eigenvalue weighted by Gasteiger charge is 2.19. The van der Waals surface area contributed by atoms with Crippen molar-refractivity contribution in [2.45, 2.75) is 19.8 Å². The van der Waals surface area contributed by atoms with E-state index in [-0.39, 0.29) is 5.56 Å². The van der Waals surface area contributed by atoms with E-state index in [2.05, 4.69) is 37.1 Å². The number of aromatic amines is 1. The van der Waals surface area contributed by atoms with Gasteiger partial charge in [-0.3, -0.25) is 9.89 Å². The topological polar surface area (TPSA) is 41.7 Å². The molecule has 120 valence electrons. The molecule has 4 heteroatoms. The largest absolute Gasteiger partial charge is 0.344 e. The van der Waals surface area contributed by atoms with Crippen molar-refractivity contribution in [3.8, 4) is 5.69 Å². The molecular formula is C20H20N3O+. The van der Waals surface area contributed by atoms with Crippen molar-refractivity contribution < 1.29 is 4.57 Å². The van der Waals surface area contributed by atoms with Crippen LogP contribution in [0.3, 0.4) is 0 Å². The Morgan fingerprint density at radius 1 is 1.04 bits per heavy atom. The van der Waals surface area contributed by atoms with Crippen LogP contribution in [0.25, 0.3) is 27.5 Å². The van der Waals surface area contributed by atoms with E-state index in [1.807, 2.05) is 48.1 Å². The fourth-order valence-electron chi connectivity index (χ4n) is 3.24. The van der Waals surface area contributed by atoms with E-state index in [0.29, 0.717) is 11.4 Å². The number of hydrogen-bond donors (Lipinski definition) is 1. The number of nitrogens with one attached hydrogen (secondary N) is 1. The molecule has 0 unspecified atom stereocenters. The summed E-state index contributed by atoms with van der Waals surface area (Å²) in [5.74, 6) is 0.472. The molecule has 4 rings (SSSR count). The van der Waals surface area contributed by atoms with Crippen molar-refractivity contribution in [3.63, 3.8) is 0 Å². The second-order valence-corrected chi connectivity index (χ2v) is 6.55. The van der Waals surface area contributed by atoms with E-state index >= 15 is 0 Å². The van der Waals surface area contributed by atoms with Crippen LogP contribution in [0.4, 0.5) is 0 Å². The molecule has 0 bridgehead atoms. The number of aromatic nitrogens is 3. The van der Waals surface area contributed by atoms with Crippen molar-refractivity contribution in [2.24, 2.45) is 7.05 Å². The van der Waals surface area contributed by atoms with Crippen LogP contribution in [-0.4, -0.2) is 9.78 Å². The van der Waals surface area contributed by atoms with E-state index in [0.717, 1.165) is 22.0 Å². The first kappa shape index (κ1) is 14.7. The van der Waals surface area contributed by atoms with Crippen LogP contribution in [0.5, 0.6) is 0 Å². The summed E-state index contributed by atoms with van der Waals surface area (Å²) >= 11 is 0. The summed E-state index contributed by atoms with van der Waals surface area (Å²) in [7, 11) is 1.91. The van der Waals surface area contributed by atoms with Crippen LogP contribution in [0.2, 0.25) is 0 Å². The minimum Gasteiger partial charge on any atom is -0.284 e. The molecule has 2 aromatic carbocycles. The maximum Gasteiger partial charge on any atom is 0.344 e. The van der Waals surface area contributed by atoms with Crippen LogP contribution < -0.4 is 10.1 Å². The first-order valence-corrected chi connectivity index (χ1v) is 8.18. The van der Waals surface area contributed by atoms with Crippen LogP contribution in [0.15, 0.2) is 59.5 Å². The lowest BCUT2D eigenvalue weighted by atomic mass is 10.0. The van der Waals surface area contributed by atoms with Crippen molar-refractivity contribution >= 4 is 21.8 Å². The number of aryl methyl sites for hydroxylation is 1. The van der Waals surface area contributed by atoms with Crippen LogP contribution in [-0.2, 0) is 7.05 Å². The minimum absolute atomic E-state index is 0.0319. The number of benzene rings is 2. The van der Waals surface area contributed by atoms with Gasteiger partial charge in [-0.1, -0.05) is 44.2 Å². The van der Waals surface area contributed by atoms with E-state index < -0.39 is 0 Å². The number of pyridine rings is 1. The maximum atomic E-state index is 12.9. The molecule has 2 heterocycles. The van der Waals surface area contributed by atoms with Gasteiger partial charge in [0, 0.05) is 10.8 Å². The maximum absolute atomic E-state index is 12.9. The molecule has 4 aromatic rings. The Morgan fingerprint density at radius 2 is 1.75 bits per heavy atom. The number of fused-ring (bicyclic) bond motifs is 3. The average Bonchev–Trinajstić information content (AvgIpc) is 2.93. The molecule has 0 radical (unpaired) electrons. The molecule has 0 atom stereocenters. The van der Waals surface area contributed by atoms with Gasteiger partial charge < -0.3 is 0 Å². The summed E-state index contributed by atoms with van der Waals surface area (Å²) in [6.07, 6.45) is 2.00. The molecule has 1 N–H and O–H groups in total. The molecule has 0 amide bonds. The summed E-state index contributed by atoms with van der Waals surface area (Å²) in [5.41, 5.74) is 3.63. The Hall–Kier alpha value is -2.88. The fraction of sp³-hybridized carbons (Fsp3) is 0.200. The minimum atomic E-state index is -0.0319. The molecular weight excluding hydrogens is 298 g/mol. The zero-order valence-electron chi connectivity index (χ0n) is 14.1. The van der Waals surface area contributed by atoms with E-state index in [4.69, 9.17) is 0 Å². The van der Waals surface area contributed by atoms with Gasteiger partial charge in [0.25, 0.3) is 5.52 Å². The van der Waals surface area contributed by atoms with Crippen LogP contribution >= 0.6 is 0 Å². The van der Waals surface area contributed by atoms with Gasteiger partial charge in [0.15, 0.2) is 6.20 Å². The lowest BCUT2D eigenvalue weighted by Gasteiger charge is -2.06. The lowest BCUT2D eigenvalue weighted by Crippen LogP contribution is -2.33. The standard InChI is InChI=1S/C20H19N3O/c1-13(2)14-8-10-16(11-9-14)23-20(24)19-18(21-23)17-7-5-4-6-15(17)12-22(19)3/h4-13H,1-3H3/p+1. The molecule has 0 aliphatic rings. The van der Waals surface area contributed by atoms with Crippen LogP contribution in [0.1, 0.15) is 25.3 Å². The summed E-state index contributed by atoms with van der Waals surface area (Å²) in [6, 6.07) is 16.2. The van der Waals surface area contributed by atoms with Crippen molar-refractivity contribution in [2.75, 3.05) is 0 Å². The molecule has 2 aromatic heterocycles. The van der Waals surface area contributed by atoms with Gasteiger partial charge in [0.05, 0.1) is 5.69 Å². The Labute approximate surface area is 140 Å². The first-order chi connectivity index (χ1) is 11.6. The summed E-state index contributed by atoms with van der Waals surface area (Å²) in [5, 5.41) is 5.46. The Morgan fingerprint density at radius 3 is 2.46 bits per heavy atom. The molecule has 0 fully saturated rings. The predicted octanol–water partition coefficient (Wildman–Crippen LogP) is 3.42. The van der Waals surface area contributed by atoms with E-state index in [9.17, 15) is 4.79 Å². The second kappa shape index (κ2) is 5.34. The molecule has 24 heavy (non-hydrogen) atoms. The third kappa shape index (κ3) is 2.14. The average molecular weight is 318 g/mol. The second-order valence-electron chi connectivity index (χ2n) is 6.55. The van der Waals surface area contributed by atoms with Gasteiger partial charge in [-0.15, -0.1) is 0 Å². The van der Waals surface area contributed by atoms with E-state index in [1.54, 1.807) is 4.68 Å². The van der Waals surface area contributed by atoms with E-state index in [1.165, 1.54) is 5.56 Å². The Bertz CT molecular complexity index is 1100. The molecule has 0 saturated heterocycles. The lowest BCUT2D eigenvalue weighted by molar-refractivity contribution is -0.644. The smallest absolute Gasteiger partial charge is 0.284 e. The normalized spacial score (nSPS) is 11.7. The molecule has 0 spiro atoms. The third-order valence-corrected chi connectivity index (χ3v) is 4.60. The molecule has 0 saturated carbocycles. The zero-order valence-corrected chi connectivity index (χ0v) is 14.1. The van der Waals surface area contributed by atoms with Gasteiger partial charge >= 0.3 is 5.56 Å². The summed E-state index contributed by atoms with van der Waals surface area (Å²) in [6.45, 7) is 4.33. The molecule has 4 nitrogen and oxygen atoms in total. The van der Waals surface area contributed by atoms with Gasteiger partial charge in [0.1, 0.15) is 12.6 Å². The Kier molecular flexibility index (Phi) is 3.27. The first-order valence-electron chi connectivity index (χ1n) is 8.18. The van der Waals surface area contributed by atoms with Crippen molar-refractivity contribution in [1.29, 1.82) is 0 Å². The molecule has 0 aliphatic carbocycles. The summed E-state index contributed by atoms with van der Waals surface area (Å²) < 4.78 is 3.52. The Balaban J connectivity index is 2.00. The van der Waals surface area contributed by atoms with Crippen molar-refractivity contribution in [3.05, 3.63) is 70.6 Å². The quantitative estimate of drug-likeness (QED) is 0.565. The fourth-order valence-corrected chi connectivity index (χ4v) is 3.24. The highest BCUT2D eigenvalue weighted by molar-refractivity contribution is 6.01. The number of hydrogen-bond acceptors (Lipinski definition) is 1.